The van der Waals surface area contributed by atoms with E-state index in [2.05, 4.69) is 12.2 Å². The van der Waals surface area contributed by atoms with Crippen molar-refractivity contribution < 1.29 is 9.90 Å². The molecule has 2 fully saturated rings. The summed E-state index contributed by atoms with van der Waals surface area (Å²) < 4.78 is 0. The van der Waals surface area contributed by atoms with Crippen LogP contribution in [0.15, 0.2) is 0 Å². The van der Waals surface area contributed by atoms with Gasteiger partial charge in [0.05, 0.1) is 12.1 Å². The van der Waals surface area contributed by atoms with Gasteiger partial charge in [0.1, 0.15) is 0 Å². The van der Waals surface area contributed by atoms with Gasteiger partial charge in [0.15, 0.2) is 0 Å². The van der Waals surface area contributed by atoms with Crippen LogP contribution in [0.4, 0.5) is 0 Å². The second-order valence-corrected chi connectivity index (χ2v) is 6.38. The first-order valence-corrected chi connectivity index (χ1v) is 7.85. The van der Waals surface area contributed by atoms with Crippen LogP contribution in [-0.4, -0.2) is 47.2 Å². The van der Waals surface area contributed by atoms with E-state index in [1.54, 1.807) is 0 Å². The van der Waals surface area contributed by atoms with Gasteiger partial charge in [-0.3, -0.25) is 9.69 Å². The molecule has 1 aliphatic heterocycles. The fourth-order valence-electron chi connectivity index (χ4n) is 3.42. The number of likely N-dealkylation sites (tertiary alicyclic amines) is 1. The third-order valence-corrected chi connectivity index (χ3v) is 4.34. The minimum absolute atomic E-state index is 0.130. The van der Waals surface area contributed by atoms with E-state index in [-0.39, 0.29) is 5.91 Å². The lowest BCUT2D eigenvalue weighted by Gasteiger charge is -2.46. The molecule has 1 amide bonds. The number of hydrogen-bond acceptors (Lipinski definition) is 3. The quantitative estimate of drug-likeness (QED) is 0.746. The van der Waals surface area contributed by atoms with E-state index in [1.165, 1.54) is 25.7 Å². The highest BCUT2D eigenvalue weighted by Gasteiger charge is 2.40. The lowest BCUT2D eigenvalue weighted by Crippen LogP contribution is -2.63. The Morgan fingerprint density at radius 1 is 1.26 bits per heavy atom. The topological polar surface area (TPSA) is 52.6 Å². The van der Waals surface area contributed by atoms with Crippen LogP contribution in [0.2, 0.25) is 0 Å². The van der Waals surface area contributed by atoms with Crippen LogP contribution >= 0.6 is 0 Å². The number of carbonyl (C=O) groups is 1. The first-order chi connectivity index (χ1) is 9.11. The van der Waals surface area contributed by atoms with Crippen LogP contribution in [0, 0.1) is 0 Å². The van der Waals surface area contributed by atoms with Gasteiger partial charge in [-0.1, -0.05) is 39.0 Å². The number of nitrogens with zero attached hydrogens (tertiary/aromatic N) is 1. The average molecular weight is 268 g/mol. The second kappa shape index (κ2) is 6.71. The van der Waals surface area contributed by atoms with E-state index in [9.17, 15) is 9.90 Å². The number of aliphatic hydroxyl groups is 1. The van der Waals surface area contributed by atoms with E-state index in [0.29, 0.717) is 25.7 Å². The van der Waals surface area contributed by atoms with Crippen molar-refractivity contribution in [1.29, 1.82) is 0 Å². The Balaban J connectivity index is 1.65. The summed E-state index contributed by atoms with van der Waals surface area (Å²) in [5.74, 6) is 0.130. The summed E-state index contributed by atoms with van der Waals surface area (Å²) in [6.07, 6.45) is 9.20. The Kier molecular flexibility index (Phi) is 5.22. The normalized spacial score (nSPS) is 24.5. The molecule has 0 atom stereocenters. The van der Waals surface area contributed by atoms with Crippen LogP contribution in [0.1, 0.15) is 58.3 Å². The van der Waals surface area contributed by atoms with Gasteiger partial charge in [-0.2, -0.15) is 0 Å². The van der Waals surface area contributed by atoms with Gasteiger partial charge in [0.25, 0.3) is 0 Å². The van der Waals surface area contributed by atoms with Crippen molar-refractivity contribution in [2.45, 2.75) is 69.9 Å². The molecule has 0 spiro atoms. The zero-order chi connectivity index (χ0) is 13.7. The standard InChI is InChI=1S/C15H28N2O2/c1-2-9-15(19)11-17(12-15)10-14(18)16-13-7-5-3-4-6-8-13/h13,19H,2-12H2,1H3,(H,16,18). The van der Waals surface area contributed by atoms with Crippen molar-refractivity contribution >= 4 is 5.91 Å². The van der Waals surface area contributed by atoms with E-state index in [1.807, 2.05) is 4.90 Å². The van der Waals surface area contributed by atoms with Gasteiger partial charge in [-0.05, 0) is 19.3 Å². The van der Waals surface area contributed by atoms with Gasteiger partial charge in [-0.15, -0.1) is 0 Å². The molecule has 2 rings (SSSR count). The number of carbonyl (C=O) groups excluding carboxylic acids is 1. The Bertz CT molecular complexity index is 293. The summed E-state index contributed by atoms with van der Waals surface area (Å²) in [6, 6.07) is 0.380. The first-order valence-electron chi connectivity index (χ1n) is 7.85. The molecule has 19 heavy (non-hydrogen) atoms. The average Bonchev–Trinajstić information content (AvgIpc) is 2.56. The lowest BCUT2D eigenvalue weighted by atomic mass is 9.89. The third-order valence-electron chi connectivity index (χ3n) is 4.34. The Morgan fingerprint density at radius 3 is 2.47 bits per heavy atom. The molecule has 2 aliphatic rings. The molecule has 1 saturated heterocycles. The van der Waals surface area contributed by atoms with Crippen molar-refractivity contribution in [1.82, 2.24) is 10.2 Å². The fraction of sp³-hybridized carbons (Fsp3) is 0.933. The Labute approximate surface area is 116 Å². The first kappa shape index (κ1) is 14.8. The largest absolute Gasteiger partial charge is 0.387 e. The minimum atomic E-state index is -0.530. The Hall–Kier alpha value is -0.610. The van der Waals surface area contributed by atoms with Gasteiger partial charge in [0, 0.05) is 19.1 Å². The van der Waals surface area contributed by atoms with Crippen LogP contribution in [0.5, 0.6) is 0 Å². The smallest absolute Gasteiger partial charge is 0.234 e. The number of amides is 1. The number of hydrogen-bond donors (Lipinski definition) is 2. The van der Waals surface area contributed by atoms with Crippen LogP contribution in [0.3, 0.4) is 0 Å². The van der Waals surface area contributed by atoms with E-state index < -0.39 is 5.60 Å². The molecule has 0 aromatic rings. The minimum Gasteiger partial charge on any atom is -0.387 e. The summed E-state index contributed by atoms with van der Waals surface area (Å²) in [5.41, 5.74) is -0.530. The molecule has 2 N–H and O–H groups in total. The maximum atomic E-state index is 12.0. The van der Waals surface area contributed by atoms with Crippen molar-refractivity contribution in [2.24, 2.45) is 0 Å². The summed E-state index contributed by atoms with van der Waals surface area (Å²) >= 11 is 0. The third kappa shape index (κ3) is 4.46. The van der Waals surface area contributed by atoms with Gasteiger partial charge in [0.2, 0.25) is 5.91 Å². The van der Waals surface area contributed by atoms with Crippen LogP contribution in [-0.2, 0) is 4.79 Å². The predicted octanol–water partition coefficient (Wildman–Crippen LogP) is 1.67. The molecule has 0 unspecified atom stereocenters. The number of rotatable bonds is 5. The zero-order valence-corrected chi connectivity index (χ0v) is 12.2. The molecule has 0 aromatic carbocycles. The molecule has 0 radical (unpaired) electrons. The maximum absolute atomic E-state index is 12.0. The summed E-state index contributed by atoms with van der Waals surface area (Å²) in [7, 11) is 0. The highest BCUT2D eigenvalue weighted by atomic mass is 16.3. The fourth-order valence-corrected chi connectivity index (χ4v) is 3.42. The van der Waals surface area contributed by atoms with E-state index in [4.69, 9.17) is 0 Å². The molecule has 1 heterocycles. The molecule has 4 nitrogen and oxygen atoms in total. The molecule has 0 aromatic heterocycles. The molecule has 110 valence electrons. The monoisotopic (exact) mass is 268 g/mol. The predicted molar refractivity (Wildman–Crippen MR) is 75.9 cm³/mol. The van der Waals surface area contributed by atoms with Crippen molar-refractivity contribution in [3.63, 3.8) is 0 Å². The van der Waals surface area contributed by atoms with Crippen molar-refractivity contribution in [3.05, 3.63) is 0 Å². The van der Waals surface area contributed by atoms with Gasteiger partial charge < -0.3 is 10.4 Å². The van der Waals surface area contributed by atoms with E-state index >= 15 is 0 Å². The van der Waals surface area contributed by atoms with Crippen LogP contribution in [0.25, 0.3) is 0 Å². The molecular weight excluding hydrogens is 240 g/mol. The molecule has 1 saturated carbocycles. The van der Waals surface area contributed by atoms with Gasteiger partial charge in [-0.25, -0.2) is 0 Å². The van der Waals surface area contributed by atoms with E-state index in [0.717, 1.165) is 25.7 Å². The maximum Gasteiger partial charge on any atom is 0.234 e. The number of nitrogens with one attached hydrogen (secondary N) is 1. The summed E-state index contributed by atoms with van der Waals surface area (Å²) in [6.45, 7) is 3.83. The Morgan fingerprint density at radius 2 is 1.89 bits per heavy atom. The molecular formula is C15H28N2O2. The highest BCUT2D eigenvalue weighted by Crippen LogP contribution is 2.25. The molecule has 0 bridgehead atoms. The zero-order valence-electron chi connectivity index (χ0n) is 12.2. The summed E-state index contributed by atoms with van der Waals surface area (Å²) in [4.78, 5) is 14.0. The SMILES string of the molecule is CCCC1(O)CN(CC(=O)NC2CCCCCC2)C1. The second-order valence-electron chi connectivity index (χ2n) is 6.38. The summed E-state index contributed by atoms with van der Waals surface area (Å²) in [5, 5.41) is 13.2. The van der Waals surface area contributed by atoms with Crippen LogP contribution < -0.4 is 5.32 Å². The van der Waals surface area contributed by atoms with Crippen molar-refractivity contribution in [3.8, 4) is 0 Å². The molecule has 1 aliphatic carbocycles. The lowest BCUT2D eigenvalue weighted by molar-refractivity contribution is -0.134. The molecule has 4 heteroatoms. The van der Waals surface area contributed by atoms with Crippen molar-refractivity contribution in [2.75, 3.05) is 19.6 Å². The number of β-amino-alcohol motifs (C(OH)–C–C–N with tert-alkyl or cyclic N) is 1. The van der Waals surface area contributed by atoms with Gasteiger partial charge >= 0.3 is 0 Å². The highest BCUT2D eigenvalue weighted by molar-refractivity contribution is 5.78.